The first-order valence-corrected chi connectivity index (χ1v) is 11.4. The Kier molecular flexibility index (Phi) is 6.19. The SMILES string of the molecule is NS(=O)(=O)c1ccc(-c2oc(Cc3ccc(C#CCO)cc3)nc2-c2ccccc2)cc1. The van der Waals surface area contributed by atoms with Crippen LogP contribution in [0.2, 0.25) is 0 Å². The number of rotatable bonds is 5. The summed E-state index contributed by atoms with van der Waals surface area (Å²) in [6.45, 7) is -0.179. The number of oxazole rings is 1. The van der Waals surface area contributed by atoms with E-state index in [4.69, 9.17) is 19.6 Å². The molecule has 160 valence electrons. The van der Waals surface area contributed by atoms with Gasteiger partial charge in [-0.1, -0.05) is 54.3 Å². The molecule has 0 unspecified atom stereocenters. The monoisotopic (exact) mass is 444 g/mol. The fraction of sp³-hybridized carbons (Fsp3) is 0.0800. The van der Waals surface area contributed by atoms with Crippen molar-refractivity contribution in [3.05, 3.63) is 95.9 Å². The molecule has 0 spiro atoms. The van der Waals surface area contributed by atoms with Gasteiger partial charge in [0.2, 0.25) is 10.0 Å². The van der Waals surface area contributed by atoms with E-state index in [-0.39, 0.29) is 11.5 Å². The lowest BCUT2D eigenvalue weighted by atomic mass is 10.1. The first-order chi connectivity index (χ1) is 15.4. The lowest BCUT2D eigenvalue weighted by molar-refractivity contribution is 0.350. The Morgan fingerprint density at radius 3 is 2.22 bits per heavy atom. The van der Waals surface area contributed by atoms with E-state index in [9.17, 15) is 8.42 Å². The minimum atomic E-state index is -3.78. The van der Waals surface area contributed by atoms with Gasteiger partial charge in [-0.25, -0.2) is 18.5 Å². The normalized spacial score (nSPS) is 11.1. The molecular formula is C25H20N2O4S. The van der Waals surface area contributed by atoms with E-state index in [1.165, 1.54) is 12.1 Å². The van der Waals surface area contributed by atoms with Crippen LogP contribution in [0.4, 0.5) is 0 Å². The van der Waals surface area contributed by atoms with Crippen LogP contribution in [0.5, 0.6) is 0 Å². The second-order valence-electron chi connectivity index (χ2n) is 7.05. The average molecular weight is 445 g/mol. The zero-order chi connectivity index (χ0) is 22.6. The second kappa shape index (κ2) is 9.20. The summed E-state index contributed by atoms with van der Waals surface area (Å²) in [7, 11) is -3.78. The van der Waals surface area contributed by atoms with Gasteiger partial charge in [-0.05, 0) is 42.0 Å². The number of hydrogen-bond donors (Lipinski definition) is 2. The largest absolute Gasteiger partial charge is 0.440 e. The Balaban J connectivity index is 1.70. The molecule has 0 radical (unpaired) electrons. The molecule has 0 aliphatic rings. The van der Waals surface area contributed by atoms with E-state index in [1.807, 2.05) is 54.6 Å². The number of primary sulfonamides is 1. The van der Waals surface area contributed by atoms with Crippen molar-refractivity contribution in [2.45, 2.75) is 11.3 Å². The first-order valence-electron chi connectivity index (χ1n) is 9.81. The van der Waals surface area contributed by atoms with Crippen molar-refractivity contribution < 1.29 is 17.9 Å². The number of nitrogens with zero attached hydrogens (tertiary/aromatic N) is 1. The summed E-state index contributed by atoms with van der Waals surface area (Å²) in [6.07, 6.45) is 0.475. The Labute approximate surface area is 186 Å². The van der Waals surface area contributed by atoms with Crippen LogP contribution in [0.1, 0.15) is 17.0 Å². The zero-order valence-electron chi connectivity index (χ0n) is 17.0. The van der Waals surface area contributed by atoms with E-state index in [2.05, 4.69) is 11.8 Å². The Hall–Kier alpha value is -3.70. The summed E-state index contributed by atoms with van der Waals surface area (Å²) in [5.74, 6) is 6.57. The minimum Gasteiger partial charge on any atom is -0.440 e. The average Bonchev–Trinajstić information content (AvgIpc) is 3.22. The van der Waals surface area contributed by atoms with Gasteiger partial charge < -0.3 is 9.52 Å². The minimum absolute atomic E-state index is 0.0339. The third-order valence-corrected chi connectivity index (χ3v) is 5.71. The molecule has 1 aromatic heterocycles. The summed E-state index contributed by atoms with van der Waals surface area (Å²) in [4.78, 5) is 4.76. The first kappa shape index (κ1) is 21.5. The van der Waals surface area contributed by atoms with Gasteiger partial charge in [0.15, 0.2) is 11.7 Å². The summed E-state index contributed by atoms with van der Waals surface area (Å²) >= 11 is 0. The molecule has 0 aliphatic heterocycles. The van der Waals surface area contributed by atoms with Crippen LogP contribution >= 0.6 is 0 Å². The molecule has 0 saturated carbocycles. The molecule has 1 heterocycles. The zero-order valence-corrected chi connectivity index (χ0v) is 17.8. The molecule has 0 bridgehead atoms. The predicted molar refractivity (Wildman–Crippen MR) is 122 cm³/mol. The van der Waals surface area contributed by atoms with E-state index in [0.29, 0.717) is 29.3 Å². The van der Waals surface area contributed by atoms with E-state index in [0.717, 1.165) is 16.7 Å². The summed E-state index contributed by atoms with van der Waals surface area (Å²) in [5, 5.41) is 14.0. The van der Waals surface area contributed by atoms with Crippen molar-refractivity contribution in [1.29, 1.82) is 0 Å². The standard InChI is InChI=1S/C25H20N2O4S/c26-32(29,30)22-14-12-21(13-15-22)25-24(20-6-2-1-3-7-20)27-23(31-25)17-19-10-8-18(9-11-19)5-4-16-28/h1-3,6-15,28H,16-17H2,(H2,26,29,30). The number of hydrogen-bond acceptors (Lipinski definition) is 5. The highest BCUT2D eigenvalue weighted by Crippen LogP contribution is 2.33. The van der Waals surface area contributed by atoms with Crippen molar-refractivity contribution in [3.63, 3.8) is 0 Å². The third-order valence-electron chi connectivity index (χ3n) is 4.78. The highest BCUT2D eigenvalue weighted by molar-refractivity contribution is 7.89. The van der Waals surface area contributed by atoms with E-state index >= 15 is 0 Å². The molecule has 4 aromatic rings. The molecule has 0 fully saturated rings. The Morgan fingerprint density at radius 2 is 1.59 bits per heavy atom. The fourth-order valence-corrected chi connectivity index (χ4v) is 3.76. The predicted octanol–water partition coefficient (Wildman–Crippen LogP) is 3.59. The van der Waals surface area contributed by atoms with Crippen molar-refractivity contribution in [3.8, 4) is 34.4 Å². The molecule has 3 aromatic carbocycles. The van der Waals surface area contributed by atoms with Gasteiger partial charge in [-0.2, -0.15) is 0 Å². The van der Waals surface area contributed by atoms with Crippen molar-refractivity contribution in [2.75, 3.05) is 6.61 Å². The Bertz CT molecular complexity index is 1380. The highest BCUT2D eigenvalue weighted by Gasteiger charge is 2.18. The van der Waals surface area contributed by atoms with Gasteiger partial charge in [0.05, 0.1) is 4.90 Å². The van der Waals surface area contributed by atoms with E-state index in [1.54, 1.807) is 12.1 Å². The number of aliphatic hydroxyl groups excluding tert-OH is 1. The van der Waals surface area contributed by atoms with Gasteiger partial charge in [-0.15, -0.1) is 0 Å². The van der Waals surface area contributed by atoms with Gasteiger partial charge in [0, 0.05) is 23.1 Å². The quantitative estimate of drug-likeness (QED) is 0.458. The van der Waals surface area contributed by atoms with Gasteiger partial charge >= 0.3 is 0 Å². The lowest BCUT2D eigenvalue weighted by Gasteiger charge is -2.03. The maximum Gasteiger partial charge on any atom is 0.238 e. The smallest absolute Gasteiger partial charge is 0.238 e. The Morgan fingerprint density at radius 1 is 0.906 bits per heavy atom. The molecule has 6 nitrogen and oxygen atoms in total. The topological polar surface area (TPSA) is 106 Å². The molecular weight excluding hydrogens is 424 g/mol. The van der Waals surface area contributed by atoms with E-state index < -0.39 is 10.0 Å². The lowest BCUT2D eigenvalue weighted by Crippen LogP contribution is -2.11. The molecule has 0 atom stereocenters. The maximum atomic E-state index is 11.6. The molecule has 4 rings (SSSR count). The third kappa shape index (κ3) is 4.95. The molecule has 7 heteroatoms. The number of benzene rings is 3. The fourth-order valence-electron chi connectivity index (χ4n) is 3.25. The van der Waals surface area contributed by atoms with Gasteiger partial charge in [-0.3, -0.25) is 0 Å². The van der Waals surface area contributed by atoms with Crippen LogP contribution in [0.25, 0.3) is 22.6 Å². The number of aliphatic hydroxyl groups is 1. The van der Waals surface area contributed by atoms with Gasteiger partial charge in [0.25, 0.3) is 0 Å². The molecule has 0 amide bonds. The van der Waals surface area contributed by atoms with Crippen molar-refractivity contribution >= 4 is 10.0 Å². The molecule has 0 aliphatic carbocycles. The van der Waals surface area contributed by atoms with Crippen LogP contribution < -0.4 is 5.14 Å². The number of aromatic nitrogens is 1. The van der Waals surface area contributed by atoms with Crippen LogP contribution in [-0.2, 0) is 16.4 Å². The summed E-state index contributed by atoms with van der Waals surface area (Å²) in [5.41, 5.74) is 4.08. The highest BCUT2D eigenvalue weighted by atomic mass is 32.2. The van der Waals surface area contributed by atoms with Crippen LogP contribution in [0.3, 0.4) is 0 Å². The second-order valence-corrected chi connectivity index (χ2v) is 8.62. The summed E-state index contributed by atoms with van der Waals surface area (Å²) in [6, 6.07) is 23.5. The molecule has 32 heavy (non-hydrogen) atoms. The summed E-state index contributed by atoms with van der Waals surface area (Å²) < 4.78 is 29.3. The number of sulfonamides is 1. The van der Waals surface area contributed by atoms with Crippen molar-refractivity contribution in [2.24, 2.45) is 5.14 Å². The van der Waals surface area contributed by atoms with Crippen LogP contribution in [0.15, 0.2) is 88.2 Å². The molecule has 0 saturated heterocycles. The van der Waals surface area contributed by atoms with Crippen molar-refractivity contribution in [1.82, 2.24) is 4.98 Å². The van der Waals surface area contributed by atoms with Gasteiger partial charge in [0.1, 0.15) is 12.3 Å². The maximum absolute atomic E-state index is 11.6. The number of nitrogens with two attached hydrogens (primary N) is 1. The van der Waals surface area contributed by atoms with Crippen LogP contribution in [0, 0.1) is 11.8 Å². The van der Waals surface area contributed by atoms with Crippen LogP contribution in [-0.4, -0.2) is 25.1 Å². The molecule has 3 N–H and O–H groups in total.